The molecule has 0 fully saturated rings. The molecular weight excluding hydrogens is 415 g/mol. The standard InChI is InChI=1S/C28H27FN2O2/c1-19-7-5-9-25(15-19)31-21(3)27(17-28(31)23-11-13-24(29)14-12-23)20(2)30-33-18-22-8-6-10-26(16-22)32-4/h5-17H,18H2,1-4H3/b30-20+. The van der Waals surface area contributed by atoms with E-state index in [1.54, 1.807) is 19.2 Å². The average molecular weight is 443 g/mol. The Kier molecular flexibility index (Phi) is 6.59. The largest absolute Gasteiger partial charge is 0.497 e. The lowest BCUT2D eigenvalue weighted by Crippen LogP contribution is -2.03. The Labute approximate surface area is 193 Å². The molecule has 33 heavy (non-hydrogen) atoms. The molecule has 1 aromatic heterocycles. The van der Waals surface area contributed by atoms with Crippen LogP contribution >= 0.6 is 0 Å². The molecule has 0 aliphatic rings. The molecule has 4 nitrogen and oxygen atoms in total. The first kappa shape index (κ1) is 22.3. The van der Waals surface area contributed by atoms with Gasteiger partial charge in [-0.25, -0.2) is 4.39 Å². The Hall–Kier alpha value is -3.86. The van der Waals surface area contributed by atoms with Crippen LogP contribution in [0.2, 0.25) is 0 Å². The summed E-state index contributed by atoms with van der Waals surface area (Å²) in [6, 6.07) is 24.7. The van der Waals surface area contributed by atoms with Crippen LogP contribution in [0.4, 0.5) is 4.39 Å². The summed E-state index contributed by atoms with van der Waals surface area (Å²) < 4.78 is 21.0. The Balaban J connectivity index is 1.69. The van der Waals surface area contributed by atoms with Crippen LogP contribution in [0.1, 0.15) is 29.3 Å². The fraction of sp³-hybridized carbons (Fsp3) is 0.179. The predicted molar refractivity (Wildman–Crippen MR) is 131 cm³/mol. The smallest absolute Gasteiger partial charge is 0.142 e. The molecule has 3 aromatic carbocycles. The van der Waals surface area contributed by atoms with Crippen molar-refractivity contribution in [3.63, 3.8) is 0 Å². The van der Waals surface area contributed by atoms with Crippen molar-refractivity contribution in [3.05, 3.63) is 107 Å². The molecule has 0 amide bonds. The van der Waals surface area contributed by atoms with E-state index in [9.17, 15) is 4.39 Å². The molecule has 1 heterocycles. The summed E-state index contributed by atoms with van der Waals surface area (Å²) in [4.78, 5) is 5.66. The van der Waals surface area contributed by atoms with E-state index in [-0.39, 0.29) is 5.82 Å². The number of hydrogen-bond acceptors (Lipinski definition) is 3. The van der Waals surface area contributed by atoms with Gasteiger partial charge in [-0.2, -0.15) is 0 Å². The molecule has 0 bridgehead atoms. The van der Waals surface area contributed by atoms with Crippen LogP contribution in [-0.4, -0.2) is 17.4 Å². The number of oxime groups is 1. The zero-order chi connectivity index (χ0) is 23.4. The summed E-state index contributed by atoms with van der Waals surface area (Å²) in [6.45, 7) is 6.41. The van der Waals surface area contributed by atoms with Crippen molar-refractivity contribution in [2.24, 2.45) is 5.16 Å². The highest BCUT2D eigenvalue weighted by atomic mass is 19.1. The predicted octanol–water partition coefficient (Wildman–Crippen LogP) is 6.85. The number of aromatic nitrogens is 1. The summed E-state index contributed by atoms with van der Waals surface area (Å²) in [7, 11) is 1.64. The monoisotopic (exact) mass is 442 g/mol. The lowest BCUT2D eigenvalue weighted by Gasteiger charge is -2.13. The first-order chi connectivity index (χ1) is 16.0. The van der Waals surface area contributed by atoms with Crippen LogP contribution in [0.15, 0.2) is 84.0 Å². The van der Waals surface area contributed by atoms with E-state index in [0.29, 0.717) is 6.61 Å². The minimum Gasteiger partial charge on any atom is -0.497 e. The first-order valence-corrected chi connectivity index (χ1v) is 10.8. The summed E-state index contributed by atoms with van der Waals surface area (Å²) >= 11 is 0. The molecule has 0 saturated heterocycles. The van der Waals surface area contributed by atoms with Gasteiger partial charge in [0.25, 0.3) is 0 Å². The van der Waals surface area contributed by atoms with Gasteiger partial charge in [0.1, 0.15) is 18.2 Å². The van der Waals surface area contributed by atoms with Gasteiger partial charge in [0, 0.05) is 16.9 Å². The highest BCUT2D eigenvalue weighted by molar-refractivity contribution is 6.01. The van der Waals surface area contributed by atoms with Crippen LogP contribution in [-0.2, 0) is 11.4 Å². The van der Waals surface area contributed by atoms with E-state index in [0.717, 1.165) is 45.2 Å². The van der Waals surface area contributed by atoms with Gasteiger partial charge in [-0.15, -0.1) is 0 Å². The Morgan fingerprint density at radius 1 is 0.939 bits per heavy atom. The quantitative estimate of drug-likeness (QED) is 0.232. The normalized spacial score (nSPS) is 11.5. The Bertz CT molecular complexity index is 1290. The third-order valence-electron chi connectivity index (χ3n) is 5.60. The number of halogens is 1. The maximum atomic E-state index is 13.6. The van der Waals surface area contributed by atoms with Crippen molar-refractivity contribution in [1.82, 2.24) is 4.57 Å². The average Bonchev–Trinajstić information content (AvgIpc) is 3.16. The Morgan fingerprint density at radius 2 is 1.70 bits per heavy atom. The zero-order valence-electron chi connectivity index (χ0n) is 19.3. The second kappa shape index (κ2) is 9.74. The SMILES string of the molecule is COc1cccc(CO/N=C(\C)c2cc(-c3ccc(F)cc3)n(-c3cccc(C)c3)c2C)c1. The molecule has 0 N–H and O–H groups in total. The molecule has 0 radical (unpaired) electrons. The van der Waals surface area contributed by atoms with Crippen molar-refractivity contribution in [1.29, 1.82) is 0 Å². The van der Waals surface area contributed by atoms with Gasteiger partial charge in [0.05, 0.1) is 18.5 Å². The number of rotatable bonds is 7. The Morgan fingerprint density at radius 3 is 2.42 bits per heavy atom. The molecule has 4 rings (SSSR count). The molecule has 0 unspecified atom stereocenters. The van der Waals surface area contributed by atoms with Gasteiger partial charge in [0.15, 0.2) is 0 Å². The van der Waals surface area contributed by atoms with Crippen LogP contribution in [0.5, 0.6) is 5.75 Å². The van der Waals surface area contributed by atoms with Gasteiger partial charge in [-0.05, 0) is 92.1 Å². The third kappa shape index (κ3) is 4.98. The van der Waals surface area contributed by atoms with Crippen LogP contribution in [0.25, 0.3) is 16.9 Å². The highest BCUT2D eigenvalue weighted by Crippen LogP contribution is 2.30. The topological polar surface area (TPSA) is 35.8 Å². The number of methoxy groups -OCH3 is 1. The van der Waals surface area contributed by atoms with Gasteiger partial charge in [-0.3, -0.25) is 0 Å². The third-order valence-corrected chi connectivity index (χ3v) is 5.60. The minimum absolute atomic E-state index is 0.256. The van der Waals surface area contributed by atoms with Crippen molar-refractivity contribution in [2.45, 2.75) is 27.4 Å². The lowest BCUT2D eigenvalue weighted by atomic mass is 10.1. The second-order valence-corrected chi connectivity index (χ2v) is 8.01. The summed E-state index contributed by atoms with van der Waals surface area (Å²) in [6.07, 6.45) is 0. The molecular formula is C28H27FN2O2. The maximum Gasteiger partial charge on any atom is 0.142 e. The fourth-order valence-electron chi connectivity index (χ4n) is 3.92. The maximum absolute atomic E-state index is 13.6. The summed E-state index contributed by atoms with van der Waals surface area (Å²) in [5.41, 5.74) is 7.86. The van der Waals surface area contributed by atoms with E-state index in [1.807, 2.05) is 37.3 Å². The zero-order valence-corrected chi connectivity index (χ0v) is 19.3. The van der Waals surface area contributed by atoms with E-state index >= 15 is 0 Å². The van der Waals surface area contributed by atoms with Gasteiger partial charge >= 0.3 is 0 Å². The number of benzene rings is 3. The highest BCUT2D eigenvalue weighted by Gasteiger charge is 2.17. The second-order valence-electron chi connectivity index (χ2n) is 8.01. The van der Waals surface area contributed by atoms with Crippen LogP contribution in [0, 0.1) is 19.7 Å². The number of ether oxygens (including phenoxy) is 1. The number of hydrogen-bond donors (Lipinski definition) is 0. The molecule has 0 spiro atoms. The minimum atomic E-state index is -0.256. The molecule has 0 aliphatic carbocycles. The lowest BCUT2D eigenvalue weighted by molar-refractivity contribution is 0.130. The van der Waals surface area contributed by atoms with Crippen molar-refractivity contribution in [3.8, 4) is 22.7 Å². The fourth-order valence-corrected chi connectivity index (χ4v) is 3.92. The summed E-state index contributed by atoms with van der Waals surface area (Å²) in [5.74, 6) is 0.528. The van der Waals surface area contributed by atoms with E-state index in [4.69, 9.17) is 9.57 Å². The van der Waals surface area contributed by atoms with E-state index in [2.05, 4.69) is 47.8 Å². The number of nitrogens with zero attached hydrogens (tertiary/aromatic N) is 2. The van der Waals surface area contributed by atoms with Gasteiger partial charge in [0.2, 0.25) is 0 Å². The van der Waals surface area contributed by atoms with Crippen LogP contribution < -0.4 is 4.74 Å². The molecule has 0 saturated carbocycles. The first-order valence-electron chi connectivity index (χ1n) is 10.8. The molecule has 5 heteroatoms. The molecule has 4 aromatic rings. The van der Waals surface area contributed by atoms with Crippen LogP contribution in [0.3, 0.4) is 0 Å². The number of aryl methyl sites for hydroxylation is 1. The van der Waals surface area contributed by atoms with Gasteiger partial charge in [-0.1, -0.05) is 29.4 Å². The van der Waals surface area contributed by atoms with Crippen molar-refractivity contribution < 1.29 is 14.0 Å². The summed E-state index contributed by atoms with van der Waals surface area (Å²) in [5, 5.41) is 4.38. The van der Waals surface area contributed by atoms with Gasteiger partial charge < -0.3 is 14.1 Å². The molecule has 0 atom stereocenters. The van der Waals surface area contributed by atoms with E-state index < -0.39 is 0 Å². The van der Waals surface area contributed by atoms with Crippen molar-refractivity contribution in [2.75, 3.05) is 7.11 Å². The molecule has 168 valence electrons. The van der Waals surface area contributed by atoms with Crippen molar-refractivity contribution >= 4 is 5.71 Å². The van der Waals surface area contributed by atoms with E-state index in [1.165, 1.54) is 17.7 Å². The molecule has 0 aliphatic heterocycles.